The van der Waals surface area contributed by atoms with E-state index >= 15 is 0 Å². The van der Waals surface area contributed by atoms with Gasteiger partial charge in [-0.2, -0.15) is 0 Å². The Kier molecular flexibility index (Phi) is 3.42. The highest BCUT2D eigenvalue weighted by atomic mass is 15.2. The van der Waals surface area contributed by atoms with Crippen LogP contribution in [-0.4, -0.2) is 13.1 Å². The first-order chi connectivity index (χ1) is 11.5. The standard InChI is InChI=1S/C23H25N/c1-16-15-17-9-5-6-10-19(17)18(16)13-14-22-23(2,3)20-11-7-8-12-21(20)24(22)4/h5-14,22H,15H2,1-4H3/b14-13+. The van der Waals surface area contributed by atoms with Crippen LogP contribution in [0.1, 0.15) is 37.5 Å². The number of hydrogen-bond acceptors (Lipinski definition) is 1. The minimum Gasteiger partial charge on any atom is -0.367 e. The van der Waals surface area contributed by atoms with Crippen molar-refractivity contribution in [2.45, 2.75) is 38.6 Å². The van der Waals surface area contributed by atoms with Gasteiger partial charge >= 0.3 is 0 Å². The van der Waals surface area contributed by atoms with Crippen LogP contribution in [0.15, 0.2) is 66.3 Å². The molecule has 4 rings (SSSR count). The number of para-hydroxylation sites is 1. The maximum absolute atomic E-state index is 2.42. The Balaban J connectivity index is 1.70. The van der Waals surface area contributed by atoms with Gasteiger partial charge in [-0.15, -0.1) is 0 Å². The van der Waals surface area contributed by atoms with E-state index in [0.29, 0.717) is 6.04 Å². The van der Waals surface area contributed by atoms with Gasteiger partial charge in [0.15, 0.2) is 0 Å². The molecule has 0 spiro atoms. The molecule has 1 aliphatic heterocycles. The lowest BCUT2D eigenvalue weighted by Crippen LogP contribution is -2.37. The first-order valence-corrected chi connectivity index (χ1v) is 8.78. The van der Waals surface area contributed by atoms with Crippen molar-refractivity contribution in [3.05, 3.63) is 82.9 Å². The predicted molar refractivity (Wildman–Crippen MR) is 104 cm³/mol. The van der Waals surface area contributed by atoms with Crippen molar-refractivity contribution in [2.24, 2.45) is 0 Å². The molecule has 1 unspecified atom stereocenters. The van der Waals surface area contributed by atoms with E-state index in [1.54, 1.807) is 0 Å². The molecule has 0 saturated carbocycles. The van der Waals surface area contributed by atoms with Crippen LogP contribution < -0.4 is 4.90 Å². The third-order valence-electron chi connectivity index (χ3n) is 5.80. The second-order valence-electron chi connectivity index (χ2n) is 7.68. The summed E-state index contributed by atoms with van der Waals surface area (Å²) in [5.74, 6) is 0. The monoisotopic (exact) mass is 315 g/mol. The van der Waals surface area contributed by atoms with E-state index in [1.165, 1.54) is 33.5 Å². The van der Waals surface area contributed by atoms with Crippen LogP contribution in [0.5, 0.6) is 0 Å². The number of benzene rings is 2. The first kappa shape index (κ1) is 15.3. The lowest BCUT2D eigenvalue weighted by atomic mass is 9.80. The fourth-order valence-electron chi connectivity index (χ4n) is 4.46. The van der Waals surface area contributed by atoms with Gasteiger partial charge in [-0.1, -0.05) is 74.0 Å². The van der Waals surface area contributed by atoms with Gasteiger partial charge in [0, 0.05) is 18.2 Å². The summed E-state index contributed by atoms with van der Waals surface area (Å²) in [5, 5.41) is 0. The molecule has 2 aliphatic rings. The zero-order valence-corrected chi connectivity index (χ0v) is 15.0. The van der Waals surface area contributed by atoms with E-state index in [2.05, 4.69) is 93.4 Å². The average molecular weight is 315 g/mol. The van der Waals surface area contributed by atoms with Gasteiger partial charge in [-0.25, -0.2) is 0 Å². The number of likely N-dealkylation sites (N-methyl/N-ethyl adjacent to an activating group) is 1. The third-order valence-corrected chi connectivity index (χ3v) is 5.80. The SMILES string of the molecule is CC1=C(/C=C/C2N(C)c3ccccc3C2(C)C)c2ccccc2C1. The number of allylic oxidation sites excluding steroid dienone is 3. The molecular formula is C23H25N. The maximum atomic E-state index is 2.42. The Hall–Kier alpha value is -2.28. The molecular weight excluding hydrogens is 290 g/mol. The van der Waals surface area contributed by atoms with Gasteiger partial charge in [0.2, 0.25) is 0 Å². The second kappa shape index (κ2) is 5.37. The Bertz CT molecular complexity index is 854. The summed E-state index contributed by atoms with van der Waals surface area (Å²) in [6.45, 7) is 6.97. The van der Waals surface area contributed by atoms with E-state index in [0.717, 1.165) is 6.42 Å². The minimum atomic E-state index is 0.119. The molecule has 122 valence electrons. The quantitative estimate of drug-likeness (QED) is 0.720. The highest BCUT2D eigenvalue weighted by Gasteiger charge is 2.41. The van der Waals surface area contributed by atoms with Gasteiger partial charge in [0.05, 0.1) is 6.04 Å². The summed E-state index contributed by atoms with van der Waals surface area (Å²) in [6, 6.07) is 18.0. The minimum absolute atomic E-state index is 0.119. The normalized spacial score (nSPS) is 21.5. The van der Waals surface area contributed by atoms with Crippen molar-refractivity contribution in [3.63, 3.8) is 0 Å². The summed E-state index contributed by atoms with van der Waals surface area (Å²) in [7, 11) is 2.21. The molecule has 1 nitrogen and oxygen atoms in total. The zero-order chi connectivity index (χ0) is 16.9. The van der Waals surface area contributed by atoms with Crippen molar-refractivity contribution in [3.8, 4) is 0 Å². The Morgan fingerprint density at radius 3 is 2.54 bits per heavy atom. The molecule has 0 amide bonds. The summed E-state index contributed by atoms with van der Waals surface area (Å²) in [5.41, 5.74) is 8.66. The first-order valence-electron chi connectivity index (χ1n) is 8.78. The molecule has 1 heteroatoms. The molecule has 0 bridgehead atoms. The molecule has 0 radical (unpaired) electrons. The highest BCUT2D eigenvalue weighted by Crippen LogP contribution is 2.45. The Labute approximate surface area is 145 Å². The van der Waals surface area contributed by atoms with Gasteiger partial charge in [-0.05, 0) is 41.7 Å². The Morgan fingerprint density at radius 1 is 1.04 bits per heavy atom. The lowest BCUT2D eigenvalue weighted by Gasteiger charge is -2.29. The molecule has 1 atom stereocenters. The largest absolute Gasteiger partial charge is 0.367 e. The van der Waals surface area contributed by atoms with Crippen molar-refractivity contribution in [2.75, 3.05) is 11.9 Å². The predicted octanol–water partition coefficient (Wildman–Crippen LogP) is 5.37. The topological polar surface area (TPSA) is 3.24 Å². The number of anilines is 1. The van der Waals surface area contributed by atoms with Gasteiger partial charge in [-0.3, -0.25) is 0 Å². The van der Waals surface area contributed by atoms with Crippen LogP contribution in [0.4, 0.5) is 5.69 Å². The van der Waals surface area contributed by atoms with E-state index in [1.807, 2.05) is 0 Å². The fraction of sp³-hybridized carbons (Fsp3) is 0.304. The molecule has 24 heavy (non-hydrogen) atoms. The smallest absolute Gasteiger partial charge is 0.0565 e. The molecule has 0 fully saturated rings. The van der Waals surface area contributed by atoms with Crippen LogP contribution >= 0.6 is 0 Å². The van der Waals surface area contributed by atoms with Gasteiger partial charge in [0.1, 0.15) is 0 Å². The van der Waals surface area contributed by atoms with Gasteiger partial charge in [0.25, 0.3) is 0 Å². The van der Waals surface area contributed by atoms with Crippen LogP contribution in [0.3, 0.4) is 0 Å². The number of nitrogens with zero attached hydrogens (tertiary/aromatic N) is 1. The van der Waals surface area contributed by atoms with Crippen LogP contribution in [-0.2, 0) is 11.8 Å². The summed E-state index contributed by atoms with van der Waals surface area (Å²) in [6.07, 6.45) is 5.84. The van der Waals surface area contributed by atoms with E-state index in [-0.39, 0.29) is 5.41 Å². The molecule has 0 N–H and O–H groups in total. The molecule has 2 aromatic rings. The maximum Gasteiger partial charge on any atom is 0.0565 e. The summed E-state index contributed by atoms with van der Waals surface area (Å²) in [4.78, 5) is 2.42. The Morgan fingerprint density at radius 2 is 1.75 bits per heavy atom. The molecule has 0 saturated heterocycles. The van der Waals surface area contributed by atoms with E-state index in [9.17, 15) is 0 Å². The van der Waals surface area contributed by atoms with Crippen molar-refractivity contribution in [1.29, 1.82) is 0 Å². The second-order valence-corrected chi connectivity index (χ2v) is 7.68. The van der Waals surface area contributed by atoms with Gasteiger partial charge < -0.3 is 4.90 Å². The summed E-state index contributed by atoms with van der Waals surface area (Å²) < 4.78 is 0. The highest BCUT2D eigenvalue weighted by molar-refractivity contribution is 5.83. The number of rotatable bonds is 2. The summed E-state index contributed by atoms with van der Waals surface area (Å²) >= 11 is 0. The van der Waals surface area contributed by atoms with Crippen molar-refractivity contribution >= 4 is 11.3 Å². The molecule has 1 heterocycles. The van der Waals surface area contributed by atoms with Crippen LogP contribution in [0, 0.1) is 0 Å². The average Bonchev–Trinajstić information content (AvgIpc) is 2.99. The fourth-order valence-corrected chi connectivity index (χ4v) is 4.46. The van der Waals surface area contributed by atoms with Crippen LogP contribution in [0.25, 0.3) is 5.57 Å². The number of fused-ring (bicyclic) bond motifs is 2. The number of hydrogen-bond donors (Lipinski definition) is 0. The molecule has 0 aromatic heterocycles. The zero-order valence-electron chi connectivity index (χ0n) is 15.0. The van der Waals surface area contributed by atoms with Crippen LogP contribution in [0.2, 0.25) is 0 Å². The molecule has 2 aromatic carbocycles. The third kappa shape index (κ3) is 2.15. The van der Waals surface area contributed by atoms with Crippen molar-refractivity contribution in [1.82, 2.24) is 0 Å². The van der Waals surface area contributed by atoms with Crippen molar-refractivity contribution < 1.29 is 0 Å². The molecule has 1 aliphatic carbocycles. The van der Waals surface area contributed by atoms with E-state index in [4.69, 9.17) is 0 Å². The lowest BCUT2D eigenvalue weighted by molar-refractivity contribution is 0.488. The van der Waals surface area contributed by atoms with E-state index < -0.39 is 0 Å².